The summed E-state index contributed by atoms with van der Waals surface area (Å²) < 4.78 is 6.12. The van der Waals surface area contributed by atoms with Crippen LogP contribution in [0.4, 0.5) is 0 Å². The minimum atomic E-state index is 0.299. The van der Waals surface area contributed by atoms with Crippen molar-refractivity contribution in [1.29, 1.82) is 0 Å². The summed E-state index contributed by atoms with van der Waals surface area (Å²) in [4.78, 5) is 10.6. The zero-order valence-electron chi connectivity index (χ0n) is 9.81. The van der Waals surface area contributed by atoms with E-state index < -0.39 is 0 Å². The van der Waals surface area contributed by atoms with E-state index in [4.69, 9.17) is 4.74 Å². The number of thiol groups is 1. The highest BCUT2D eigenvalue weighted by Gasteiger charge is 2.26. The van der Waals surface area contributed by atoms with Gasteiger partial charge in [0, 0.05) is 11.2 Å². The molecule has 2 rings (SSSR count). The third-order valence-electron chi connectivity index (χ3n) is 3.94. The molecule has 3 heteroatoms. The Morgan fingerprint density at radius 3 is 1.88 bits per heavy atom. The van der Waals surface area contributed by atoms with Crippen LogP contribution in [0.2, 0.25) is 0 Å². The van der Waals surface area contributed by atoms with Crippen LogP contribution in [0.25, 0.3) is 0 Å². The van der Waals surface area contributed by atoms with Crippen LogP contribution in [0.1, 0.15) is 51.4 Å². The lowest BCUT2D eigenvalue weighted by Gasteiger charge is -2.32. The first-order valence-corrected chi connectivity index (χ1v) is 7.08. The molecule has 0 aliphatic heterocycles. The van der Waals surface area contributed by atoms with Crippen LogP contribution < -0.4 is 0 Å². The zero-order chi connectivity index (χ0) is 11.4. The SMILES string of the molecule is O=CC1CCC(OC2CCC(S)CC2)CC1. The lowest BCUT2D eigenvalue weighted by atomic mass is 9.88. The van der Waals surface area contributed by atoms with Gasteiger partial charge in [0.2, 0.25) is 0 Å². The Hall–Kier alpha value is -0.0200. The second-order valence-electron chi connectivity index (χ2n) is 5.24. The summed E-state index contributed by atoms with van der Waals surface area (Å²) in [7, 11) is 0. The summed E-state index contributed by atoms with van der Waals surface area (Å²) in [6.07, 6.45) is 10.9. The normalized spacial score (nSPS) is 40.6. The van der Waals surface area contributed by atoms with Crippen molar-refractivity contribution in [2.75, 3.05) is 0 Å². The van der Waals surface area contributed by atoms with Gasteiger partial charge in [-0.1, -0.05) is 0 Å². The Morgan fingerprint density at radius 2 is 1.38 bits per heavy atom. The topological polar surface area (TPSA) is 26.3 Å². The Labute approximate surface area is 104 Å². The first kappa shape index (κ1) is 12.4. The standard InChI is InChI=1S/C13H22O2S/c14-9-10-1-3-11(4-2-10)15-12-5-7-13(16)8-6-12/h9-13,16H,1-8H2. The van der Waals surface area contributed by atoms with E-state index in [0.29, 0.717) is 23.4 Å². The molecule has 0 saturated heterocycles. The average molecular weight is 242 g/mol. The van der Waals surface area contributed by atoms with Crippen LogP contribution in [0, 0.1) is 5.92 Å². The molecular weight excluding hydrogens is 220 g/mol. The van der Waals surface area contributed by atoms with E-state index in [9.17, 15) is 4.79 Å². The molecule has 2 saturated carbocycles. The number of carbonyl (C=O) groups is 1. The molecule has 2 aliphatic carbocycles. The maximum atomic E-state index is 10.6. The van der Waals surface area contributed by atoms with E-state index in [1.807, 2.05) is 0 Å². The predicted octanol–water partition coefficient (Wildman–Crippen LogP) is 3.00. The van der Waals surface area contributed by atoms with Gasteiger partial charge in [0.1, 0.15) is 6.29 Å². The molecule has 2 fully saturated rings. The first-order chi connectivity index (χ1) is 7.78. The molecule has 2 nitrogen and oxygen atoms in total. The third-order valence-corrected chi connectivity index (χ3v) is 4.46. The fraction of sp³-hybridized carbons (Fsp3) is 0.923. The molecular formula is C13H22O2S. The molecule has 0 unspecified atom stereocenters. The Kier molecular flexibility index (Phi) is 4.71. The summed E-state index contributed by atoms with van der Waals surface area (Å²) in [5, 5.41) is 0.589. The summed E-state index contributed by atoms with van der Waals surface area (Å²) in [5.74, 6) is 0.299. The zero-order valence-corrected chi connectivity index (χ0v) is 10.7. The third kappa shape index (κ3) is 3.49. The molecule has 92 valence electrons. The van der Waals surface area contributed by atoms with E-state index in [1.54, 1.807) is 0 Å². The molecule has 0 N–H and O–H groups in total. The second kappa shape index (κ2) is 6.06. The van der Waals surface area contributed by atoms with Crippen LogP contribution in [-0.4, -0.2) is 23.7 Å². The van der Waals surface area contributed by atoms with Crippen molar-refractivity contribution < 1.29 is 9.53 Å². The van der Waals surface area contributed by atoms with Gasteiger partial charge in [-0.05, 0) is 51.4 Å². The number of hydrogen-bond acceptors (Lipinski definition) is 3. The van der Waals surface area contributed by atoms with E-state index in [2.05, 4.69) is 12.6 Å². The molecule has 0 aromatic rings. The molecule has 0 heterocycles. The number of hydrogen-bond donors (Lipinski definition) is 1. The maximum absolute atomic E-state index is 10.6. The van der Waals surface area contributed by atoms with E-state index >= 15 is 0 Å². The van der Waals surface area contributed by atoms with Gasteiger partial charge in [-0.3, -0.25) is 0 Å². The van der Waals surface area contributed by atoms with Gasteiger partial charge in [-0.15, -0.1) is 0 Å². The van der Waals surface area contributed by atoms with Crippen molar-refractivity contribution in [3.63, 3.8) is 0 Å². The minimum Gasteiger partial charge on any atom is -0.375 e. The quantitative estimate of drug-likeness (QED) is 0.608. The molecule has 0 aromatic carbocycles. The van der Waals surface area contributed by atoms with Crippen LogP contribution >= 0.6 is 12.6 Å². The fourth-order valence-corrected chi connectivity index (χ4v) is 3.11. The highest BCUT2D eigenvalue weighted by Crippen LogP contribution is 2.30. The number of rotatable bonds is 3. The monoisotopic (exact) mass is 242 g/mol. The largest absolute Gasteiger partial charge is 0.375 e. The van der Waals surface area contributed by atoms with Gasteiger partial charge in [0.25, 0.3) is 0 Å². The second-order valence-corrected chi connectivity index (χ2v) is 5.97. The van der Waals surface area contributed by atoms with Crippen molar-refractivity contribution in [3.05, 3.63) is 0 Å². The van der Waals surface area contributed by atoms with E-state index in [0.717, 1.165) is 32.0 Å². The molecule has 0 bridgehead atoms. The Balaban J connectivity index is 1.68. The first-order valence-electron chi connectivity index (χ1n) is 6.56. The molecule has 0 aromatic heterocycles. The predicted molar refractivity (Wildman–Crippen MR) is 67.9 cm³/mol. The van der Waals surface area contributed by atoms with E-state index in [1.165, 1.54) is 25.7 Å². The van der Waals surface area contributed by atoms with Crippen LogP contribution in [0.5, 0.6) is 0 Å². The summed E-state index contributed by atoms with van der Waals surface area (Å²) >= 11 is 4.50. The number of carbonyl (C=O) groups excluding carboxylic acids is 1. The minimum absolute atomic E-state index is 0.299. The average Bonchev–Trinajstić information content (AvgIpc) is 2.33. The van der Waals surface area contributed by atoms with Crippen LogP contribution in [0.15, 0.2) is 0 Å². The van der Waals surface area contributed by atoms with Crippen molar-refractivity contribution in [2.45, 2.75) is 68.8 Å². The van der Waals surface area contributed by atoms with Crippen molar-refractivity contribution in [2.24, 2.45) is 5.92 Å². The Bertz CT molecular complexity index is 216. The molecule has 0 atom stereocenters. The summed E-state index contributed by atoms with van der Waals surface area (Å²) in [6.45, 7) is 0. The number of ether oxygens (including phenoxy) is 1. The van der Waals surface area contributed by atoms with Gasteiger partial charge in [-0.25, -0.2) is 0 Å². The highest BCUT2D eigenvalue weighted by molar-refractivity contribution is 7.80. The Morgan fingerprint density at radius 1 is 0.875 bits per heavy atom. The summed E-state index contributed by atoms with van der Waals surface area (Å²) in [5.41, 5.74) is 0. The lowest BCUT2D eigenvalue weighted by molar-refractivity contribution is -0.113. The van der Waals surface area contributed by atoms with Gasteiger partial charge in [0.05, 0.1) is 12.2 Å². The molecule has 0 spiro atoms. The molecule has 0 amide bonds. The van der Waals surface area contributed by atoms with Crippen molar-refractivity contribution in [3.8, 4) is 0 Å². The fourth-order valence-electron chi connectivity index (χ4n) is 2.81. The van der Waals surface area contributed by atoms with Gasteiger partial charge < -0.3 is 9.53 Å². The lowest BCUT2D eigenvalue weighted by Crippen LogP contribution is -2.30. The summed E-state index contributed by atoms with van der Waals surface area (Å²) in [6, 6.07) is 0. The smallest absolute Gasteiger partial charge is 0.123 e. The van der Waals surface area contributed by atoms with Gasteiger partial charge in [-0.2, -0.15) is 12.6 Å². The van der Waals surface area contributed by atoms with Gasteiger partial charge >= 0.3 is 0 Å². The van der Waals surface area contributed by atoms with E-state index in [-0.39, 0.29) is 0 Å². The van der Waals surface area contributed by atoms with Crippen LogP contribution in [-0.2, 0) is 9.53 Å². The van der Waals surface area contributed by atoms with Crippen LogP contribution in [0.3, 0.4) is 0 Å². The maximum Gasteiger partial charge on any atom is 0.123 e. The molecule has 2 aliphatic rings. The highest BCUT2D eigenvalue weighted by atomic mass is 32.1. The molecule has 16 heavy (non-hydrogen) atoms. The number of aldehydes is 1. The van der Waals surface area contributed by atoms with Gasteiger partial charge in [0.15, 0.2) is 0 Å². The van der Waals surface area contributed by atoms with Crippen molar-refractivity contribution >= 4 is 18.9 Å². The van der Waals surface area contributed by atoms with Crippen molar-refractivity contribution in [1.82, 2.24) is 0 Å². The molecule has 0 radical (unpaired) electrons.